The molecule has 1 unspecified atom stereocenters. The first-order chi connectivity index (χ1) is 5.95. The third kappa shape index (κ3) is 1.79. The number of rotatable bonds is 1. The zero-order chi connectivity index (χ0) is 10.2. The molecule has 0 saturated carbocycles. The largest absolute Gasteiger partial charge is 0.479 e. The smallest absolute Gasteiger partial charge is 0.335 e. The van der Waals surface area contributed by atoms with E-state index < -0.39 is 36.7 Å². The highest BCUT2D eigenvalue weighted by molar-refractivity contribution is 5.73. The number of aliphatic hydroxyl groups excluding tert-OH is 4. The van der Waals surface area contributed by atoms with Crippen LogP contribution < -0.4 is 0 Å². The fourth-order valence-corrected chi connectivity index (χ4v) is 1.07. The average molecular weight is 194 g/mol. The van der Waals surface area contributed by atoms with Crippen molar-refractivity contribution in [3.63, 3.8) is 0 Å². The van der Waals surface area contributed by atoms with E-state index in [4.69, 9.17) is 25.5 Å². The Balaban J connectivity index is 2.76. The van der Waals surface area contributed by atoms with Crippen LogP contribution in [0.25, 0.3) is 0 Å². The van der Waals surface area contributed by atoms with Crippen LogP contribution in [-0.4, -0.2) is 62.2 Å². The van der Waals surface area contributed by atoms with Crippen molar-refractivity contribution in [2.24, 2.45) is 0 Å². The van der Waals surface area contributed by atoms with Crippen LogP contribution in [0.5, 0.6) is 0 Å². The Morgan fingerprint density at radius 1 is 1.00 bits per heavy atom. The lowest BCUT2D eigenvalue weighted by Crippen LogP contribution is -2.59. The van der Waals surface area contributed by atoms with Gasteiger partial charge in [0.1, 0.15) is 18.3 Å². The third-order valence-corrected chi connectivity index (χ3v) is 1.83. The first-order valence-corrected chi connectivity index (χ1v) is 3.55. The summed E-state index contributed by atoms with van der Waals surface area (Å²) in [6.45, 7) is 0. The summed E-state index contributed by atoms with van der Waals surface area (Å²) < 4.78 is 4.34. The molecule has 13 heavy (non-hydrogen) atoms. The SMILES string of the molecule is O=C(O)C1O[C@H](O)[C@H](O)[C@H](O)[C@@H]1O. The molecule has 0 aromatic heterocycles. The second kappa shape index (κ2) is 3.56. The summed E-state index contributed by atoms with van der Waals surface area (Å²) in [6, 6.07) is 0. The number of carbonyl (C=O) groups is 1. The number of carboxylic acids is 1. The summed E-state index contributed by atoms with van der Waals surface area (Å²) in [5.41, 5.74) is 0. The normalized spacial score (nSPS) is 46.0. The number of carboxylic acid groups (broad SMARTS) is 1. The molecule has 0 spiro atoms. The van der Waals surface area contributed by atoms with Crippen LogP contribution in [0.15, 0.2) is 0 Å². The topological polar surface area (TPSA) is 127 Å². The maximum atomic E-state index is 10.4. The van der Waals surface area contributed by atoms with Crippen molar-refractivity contribution in [3.05, 3.63) is 0 Å². The monoisotopic (exact) mass is 194 g/mol. The molecule has 5 N–H and O–H groups in total. The Morgan fingerprint density at radius 2 is 1.54 bits per heavy atom. The quantitative estimate of drug-likeness (QED) is 0.298. The molecule has 76 valence electrons. The molecular formula is C6H10O7. The van der Waals surface area contributed by atoms with Crippen molar-refractivity contribution in [2.45, 2.75) is 30.7 Å². The second-order valence-corrected chi connectivity index (χ2v) is 2.76. The summed E-state index contributed by atoms with van der Waals surface area (Å²) in [5, 5.41) is 44.4. The molecule has 1 heterocycles. The highest BCUT2D eigenvalue weighted by Gasteiger charge is 2.46. The van der Waals surface area contributed by atoms with Gasteiger partial charge < -0.3 is 30.3 Å². The molecule has 1 saturated heterocycles. The van der Waals surface area contributed by atoms with E-state index in [9.17, 15) is 4.79 Å². The van der Waals surface area contributed by atoms with Gasteiger partial charge in [0.25, 0.3) is 0 Å². The Morgan fingerprint density at radius 3 is 2.00 bits per heavy atom. The lowest BCUT2D eigenvalue weighted by Gasteiger charge is -2.36. The summed E-state index contributed by atoms with van der Waals surface area (Å²) in [4.78, 5) is 10.4. The molecule has 0 aromatic carbocycles. The molecule has 1 fully saturated rings. The Labute approximate surface area is 72.8 Å². The van der Waals surface area contributed by atoms with E-state index in [1.165, 1.54) is 0 Å². The van der Waals surface area contributed by atoms with Gasteiger partial charge in [0.2, 0.25) is 0 Å². The predicted molar refractivity (Wildman–Crippen MR) is 36.5 cm³/mol. The van der Waals surface area contributed by atoms with Gasteiger partial charge in [-0.05, 0) is 0 Å². The van der Waals surface area contributed by atoms with E-state index in [2.05, 4.69) is 4.74 Å². The van der Waals surface area contributed by atoms with Gasteiger partial charge in [-0.2, -0.15) is 0 Å². The lowest BCUT2D eigenvalue weighted by atomic mass is 9.99. The van der Waals surface area contributed by atoms with Crippen LogP contribution in [0.2, 0.25) is 0 Å². The molecule has 7 heteroatoms. The van der Waals surface area contributed by atoms with Crippen molar-refractivity contribution >= 4 is 5.97 Å². The highest BCUT2D eigenvalue weighted by Crippen LogP contribution is 2.19. The van der Waals surface area contributed by atoms with Crippen molar-refractivity contribution in [1.29, 1.82) is 0 Å². The zero-order valence-corrected chi connectivity index (χ0v) is 6.44. The first-order valence-electron chi connectivity index (χ1n) is 3.55. The van der Waals surface area contributed by atoms with Crippen LogP contribution in [0.4, 0.5) is 0 Å². The second-order valence-electron chi connectivity index (χ2n) is 2.76. The van der Waals surface area contributed by atoms with E-state index in [1.807, 2.05) is 0 Å². The average Bonchev–Trinajstić information content (AvgIpc) is 2.07. The molecule has 0 amide bonds. The van der Waals surface area contributed by atoms with Crippen LogP contribution in [0.3, 0.4) is 0 Å². The summed E-state index contributed by atoms with van der Waals surface area (Å²) in [5.74, 6) is -1.52. The summed E-state index contributed by atoms with van der Waals surface area (Å²) >= 11 is 0. The van der Waals surface area contributed by atoms with E-state index in [-0.39, 0.29) is 0 Å². The van der Waals surface area contributed by atoms with E-state index >= 15 is 0 Å². The Hall–Kier alpha value is -0.730. The highest BCUT2D eigenvalue weighted by atomic mass is 16.6. The molecule has 0 bridgehead atoms. The van der Waals surface area contributed by atoms with Gasteiger partial charge in [0.05, 0.1) is 0 Å². The summed E-state index contributed by atoms with van der Waals surface area (Å²) in [6.07, 6.45) is -8.72. The molecule has 1 aliphatic heterocycles. The van der Waals surface area contributed by atoms with Crippen molar-refractivity contribution in [2.75, 3.05) is 0 Å². The minimum absolute atomic E-state index is 1.52. The Kier molecular flexibility index (Phi) is 2.84. The third-order valence-electron chi connectivity index (χ3n) is 1.83. The van der Waals surface area contributed by atoms with Crippen molar-refractivity contribution < 1.29 is 35.1 Å². The fraction of sp³-hybridized carbons (Fsp3) is 0.833. The predicted octanol–water partition coefficient (Wildman–Crippen LogP) is -3.13. The molecule has 0 radical (unpaired) electrons. The van der Waals surface area contributed by atoms with Crippen molar-refractivity contribution in [3.8, 4) is 0 Å². The van der Waals surface area contributed by atoms with Crippen LogP contribution in [0, 0.1) is 0 Å². The number of hydrogen-bond donors (Lipinski definition) is 5. The van der Waals surface area contributed by atoms with Gasteiger partial charge in [-0.15, -0.1) is 0 Å². The van der Waals surface area contributed by atoms with Gasteiger partial charge in [0.15, 0.2) is 12.4 Å². The van der Waals surface area contributed by atoms with Crippen LogP contribution in [-0.2, 0) is 9.53 Å². The minimum atomic E-state index is -1.81. The van der Waals surface area contributed by atoms with E-state index in [0.29, 0.717) is 0 Å². The van der Waals surface area contributed by atoms with Crippen LogP contribution >= 0.6 is 0 Å². The van der Waals surface area contributed by atoms with E-state index in [1.54, 1.807) is 0 Å². The summed E-state index contributed by atoms with van der Waals surface area (Å²) in [7, 11) is 0. The molecular weight excluding hydrogens is 184 g/mol. The van der Waals surface area contributed by atoms with Gasteiger partial charge in [-0.25, -0.2) is 4.79 Å². The van der Waals surface area contributed by atoms with Crippen LogP contribution in [0.1, 0.15) is 0 Å². The first kappa shape index (κ1) is 10.4. The van der Waals surface area contributed by atoms with E-state index in [0.717, 1.165) is 0 Å². The molecule has 0 aliphatic carbocycles. The van der Waals surface area contributed by atoms with Gasteiger partial charge >= 0.3 is 5.97 Å². The number of ether oxygens (including phenoxy) is 1. The zero-order valence-electron chi connectivity index (χ0n) is 6.44. The maximum absolute atomic E-state index is 10.4. The number of aliphatic carboxylic acids is 1. The Bertz CT molecular complexity index is 205. The lowest BCUT2D eigenvalue weighted by molar-refractivity contribution is -0.279. The minimum Gasteiger partial charge on any atom is -0.479 e. The van der Waals surface area contributed by atoms with Crippen molar-refractivity contribution in [1.82, 2.24) is 0 Å². The fourth-order valence-electron chi connectivity index (χ4n) is 1.07. The van der Waals surface area contributed by atoms with Gasteiger partial charge in [-0.3, -0.25) is 0 Å². The standard InChI is InChI=1S/C6H10O7/c7-1-2(8)4(5(10)11)13-6(12)3(1)9/h1-4,6-9,12H,(H,10,11)/t1-,2+,3-,4?,6+/m1/s1. The molecule has 7 nitrogen and oxygen atoms in total. The molecule has 1 rings (SSSR count). The molecule has 5 atom stereocenters. The maximum Gasteiger partial charge on any atom is 0.335 e. The van der Waals surface area contributed by atoms with Gasteiger partial charge in [0, 0.05) is 0 Å². The molecule has 0 aromatic rings. The van der Waals surface area contributed by atoms with Gasteiger partial charge in [-0.1, -0.05) is 0 Å². The molecule has 1 aliphatic rings. The number of hydrogen-bond acceptors (Lipinski definition) is 6. The number of aliphatic hydroxyl groups is 4.